The maximum absolute atomic E-state index is 3.22. The van der Waals surface area contributed by atoms with Gasteiger partial charge in [-0.1, -0.05) is 13.0 Å². The molecule has 0 bridgehead atoms. The number of hydrogen-bond donors (Lipinski definition) is 1. The number of anilines is 1. The summed E-state index contributed by atoms with van der Waals surface area (Å²) in [7, 11) is 2.00. The molecule has 2 heteroatoms. The van der Waals surface area contributed by atoms with Crippen molar-refractivity contribution in [3.63, 3.8) is 0 Å². The van der Waals surface area contributed by atoms with Gasteiger partial charge < -0.3 is 10.2 Å². The summed E-state index contributed by atoms with van der Waals surface area (Å²) in [6.45, 7) is 7.96. The molecule has 0 saturated carbocycles. The molecular weight excluding hydrogens is 208 g/mol. The second-order valence-corrected chi connectivity index (χ2v) is 5.31. The summed E-state index contributed by atoms with van der Waals surface area (Å²) in [5, 5.41) is 3.22. The van der Waals surface area contributed by atoms with Crippen LogP contribution in [0.1, 0.15) is 30.9 Å². The Morgan fingerprint density at radius 3 is 2.59 bits per heavy atom. The van der Waals surface area contributed by atoms with Gasteiger partial charge in [-0.3, -0.25) is 0 Å². The first-order valence-corrected chi connectivity index (χ1v) is 6.70. The molecule has 17 heavy (non-hydrogen) atoms. The molecule has 1 fully saturated rings. The molecule has 2 rings (SSSR count). The fourth-order valence-electron chi connectivity index (χ4n) is 2.53. The first kappa shape index (κ1) is 12.4. The van der Waals surface area contributed by atoms with Crippen LogP contribution in [0.15, 0.2) is 18.2 Å². The van der Waals surface area contributed by atoms with Gasteiger partial charge in [-0.05, 0) is 56.0 Å². The van der Waals surface area contributed by atoms with E-state index < -0.39 is 0 Å². The number of hydrogen-bond acceptors (Lipinski definition) is 2. The quantitative estimate of drug-likeness (QED) is 0.862. The molecule has 0 radical (unpaired) electrons. The van der Waals surface area contributed by atoms with Gasteiger partial charge in [0.05, 0.1) is 0 Å². The van der Waals surface area contributed by atoms with Gasteiger partial charge in [0, 0.05) is 25.3 Å². The van der Waals surface area contributed by atoms with E-state index in [2.05, 4.69) is 42.3 Å². The van der Waals surface area contributed by atoms with E-state index in [9.17, 15) is 0 Å². The molecule has 94 valence electrons. The van der Waals surface area contributed by atoms with Gasteiger partial charge in [0.15, 0.2) is 0 Å². The van der Waals surface area contributed by atoms with Gasteiger partial charge in [-0.15, -0.1) is 0 Å². The lowest BCUT2D eigenvalue weighted by molar-refractivity contribution is 0.438. The van der Waals surface area contributed by atoms with E-state index in [1.165, 1.54) is 42.7 Å². The summed E-state index contributed by atoms with van der Waals surface area (Å²) in [5.74, 6) is 0.899. The minimum atomic E-state index is 0.899. The van der Waals surface area contributed by atoms with Crippen molar-refractivity contribution in [2.75, 3.05) is 25.0 Å². The average molecular weight is 232 g/mol. The minimum Gasteiger partial charge on any atom is -0.372 e. The molecule has 0 unspecified atom stereocenters. The number of piperidine rings is 1. The average Bonchev–Trinajstić information content (AvgIpc) is 2.33. The van der Waals surface area contributed by atoms with E-state index >= 15 is 0 Å². The highest BCUT2D eigenvalue weighted by atomic mass is 15.1. The fourth-order valence-corrected chi connectivity index (χ4v) is 2.53. The third-order valence-electron chi connectivity index (χ3n) is 3.84. The lowest BCUT2D eigenvalue weighted by atomic mass is 9.98. The molecule has 0 amide bonds. The van der Waals surface area contributed by atoms with Gasteiger partial charge in [0.25, 0.3) is 0 Å². The first-order valence-electron chi connectivity index (χ1n) is 6.70. The summed E-state index contributed by atoms with van der Waals surface area (Å²) >= 11 is 0. The Hall–Kier alpha value is -1.02. The highest BCUT2D eigenvalue weighted by molar-refractivity contribution is 5.51. The van der Waals surface area contributed by atoms with E-state index in [0.717, 1.165) is 12.5 Å². The molecule has 1 aliphatic heterocycles. The lowest BCUT2D eigenvalue weighted by Gasteiger charge is -2.32. The Morgan fingerprint density at radius 1 is 1.29 bits per heavy atom. The summed E-state index contributed by atoms with van der Waals surface area (Å²) in [6, 6.07) is 6.87. The predicted octanol–water partition coefficient (Wildman–Crippen LogP) is 2.95. The molecule has 1 aromatic rings. The molecule has 0 spiro atoms. The molecule has 1 N–H and O–H groups in total. The highest BCUT2D eigenvalue weighted by Crippen LogP contribution is 2.24. The van der Waals surface area contributed by atoms with Crippen molar-refractivity contribution in [1.82, 2.24) is 5.32 Å². The van der Waals surface area contributed by atoms with E-state index in [4.69, 9.17) is 0 Å². The van der Waals surface area contributed by atoms with Crippen LogP contribution in [-0.2, 0) is 6.54 Å². The smallest absolute Gasteiger partial charge is 0.0369 e. The topological polar surface area (TPSA) is 15.3 Å². The van der Waals surface area contributed by atoms with Gasteiger partial charge >= 0.3 is 0 Å². The van der Waals surface area contributed by atoms with Crippen LogP contribution in [0.5, 0.6) is 0 Å². The highest BCUT2D eigenvalue weighted by Gasteiger charge is 2.16. The zero-order valence-corrected chi connectivity index (χ0v) is 11.3. The van der Waals surface area contributed by atoms with Crippen LogP contribution in [0.25, 0.3) is 0 Å². The number of rotatable bonds is 3. The van der Waals surface area contributed by atoms with Crippen molar-refractivity contribution < 1.29 is 0 Å². The molecule has 1 aromatic carbocycles. The molecule has 1 saturated heterocycles. The third kappa shape index (κ3) is 3.01. The standard InChI is InChI=1S/C15H24N2/c1-12-6-8-17(9-7-12)15-5-4-14(11-16-3)13(2)10-15/h4-5,10,12,16H,6-9,11H2,1-3H3. The molecule has 0 atom stereocenters. The largest absolute Gasteiger partial charge is 0.372 e. The van der Waals surface area contributed by atoms with Crippen LogP contribution in [0.4, 0.5) is 5.69 Å². The van der Waals surface area contributed by atoms with Gasteiger partial charge in [0.1, 0.15) is 0 Å². The summed E-state index contributed by atoms with van der Waals surface area (Å²) in [4.78, 5) is 2.52. The molecular formula is C15H24N2. The fraction of sp³-hybridized carbons (Fsp3) is 0.600. The van der Waals surface area contributed by atoms with Crippen LogP contribution in [0, 0.1) is 12.8 Å². The minimum absolute atomic E-state index is 0.899. The van der Waals surface area contributed by atoms with E-state index in [-0.39, 0.29) is 0 Å². The van der Waals surface area contributed by atoms with E-state index in [1.54, 1.807) is 0 Å². The zero-order valence-electron chi connectivity index (χ0n) is 11.3. The SMILES string of the molecule is CNCc1ccc(N2CCC(C)CC2)cc1C. The number of benzene rings is 1. The summed E-state index contributed by atoms with van der Waals surface area (Å²) in [5.41, 5.74) is 4.20. The van der Waals surface area contributed by atoms with Gasteiger partial charge in [-0.25, -0.2) is 0 Å². The maximum atomic E-state index is 3.22. The monoisotopic (exact) mass is 232 g/mol. The molecule has 0 aromatic heterocycles. The molecule has 0 aliphatic carbocycles. The Kier molecular flexibility index (Phi) is 4.06. The van der Waals surface area contributed by atoms with Crippen molar-refractivity contribution >= 4 is 5.69 Å². The normalized spacial score (nSPS) is 17.5. The second kappa shape index (κ2) is 5.54. The van der Waals surface area contributed by atoms with Crippen molar-refractivity contribution in [3.05, 3.63) is 29.3 Å². The lowest BCUT2D eigenvalue weighted by Crippen LogP contribution is -2.32. The van der Waals surface area contributed by atoms with Crippen LogP contribution >= 0.6 is 0 Å². The molecule has 2 nitrogen and oxygen atoms in total. The first-order chi connectivity index (χ1) is 8.20. The van der Waals surface area contributed by atoms with Crippen molar-refractivity contribution in [1.29, 1.82) is 0 Å². The third-order valence-corrected chi connectivity index (χ3v) is 3.84. The van der Waals surface area contributed by atoms with Crippen LogP contribution in [0.3, 0.4) is 0 Å². The number of nitrogens with one attached hydrogen (secondary N) is 1. The summed E-state index contributed by atoms with van der Waals surface area (Å²) in [6.07, 6.45) is 2.66. The van der Waals surface area contributed by atoms with Gasteiger partial charge in [-0.2, -0.15) is 0 Å². The Labute approximate surface area is 105 Å². The van der Waals surface area contributed by atoms with Crippen LogP contribution in [-0.4, -0.2) is 20.1 Å². The number of aryl methyl sites for hydroxylation is 1. The second-order valence-electron chi connectivity index (χ2n) is 5.31. The number of nitrogens with zero attached hydrogens (tertiary/aromatic N) is 1. The predicted molar refractivity (Wildman–Crippen MR) is 74.6 cm³/mol. The van der Waals surface area contributed by atoms with Crippen molar-refractivity contribution in [3.8, 4) is 0 Å². The summed E-state index contributed by atoms with van der Waals surface area (Å²) < 4.78 is 0. The Morgan fingerprint density at radius 2 is 2.00 bits per heavy atom. The van der Waals surface area contributed by atoms with Gasteiger partial charge in [0.2, 0.25) is 0 Å². The molecule has 1 aliphatic rings. The van der Waals surface area contributed by atoms with E-state index in [1.807, 2.05) is 7.05 Å². The molecule has 1 heterocycles. The van der Waals surface area contributed by atoms with E-state index in [0.29, 0.717) is 0 Å². The Bertz CT molecular complexity index is 365. The van der Waals surface area contributed by atoms with Crippen LogP contribution < -0.4 is 10.2 Å². The zero-order chi connectivity index (χ0) is 12.3. The maximum Gasteiger partial charge on any atom is 0.0369 e. The van der Waals surface area contributed by atoms with Crippen LogP contribution in [0.2, 0.25) is 0 Å². The van der Waals surface area contributed by atoms with Crippen molar-refractivity contribution in [2.45, 2.75) is 33.2 Å². The Balaban J connectivity index is 2.09. The van der Waals surface area contributed by atoms with Crippen molar-refractivity contribution in [2.24, 2.45) is 5.92 Å².